The van der Waals surface area contributed by atoms with Crippen LogP contribution in [0.2, 0.25) is 0 Å². The molecule has 0 spiro atoms. The van der Waals surface area contributed by atoms with Crippen LogP contribution in [0.15, 0.2) is 0 Å². The average molecular weight is 388 g/mol. The van der Waals surface area contributed by atoms with Gasteiger partial charge in [0.2, 0.25) is 5.91 Å². The lowest BCUT2D eigenvalue weighted by molar-refractivity contribution is -0.119. The number of rotatable bonds is 5. The molecule has 7 nitrogen and oxygen atoms in total. The fourth-order valence-electron chi connectivity index (χ4n) is 3.81. The molecule has 144 valence electrons. The van der Waals surface area contributed by atoms with Crippen LogP contribution in [0.3, 0.4) is 0 Å². The Hall–Kier alpha value is -2.06. The first-order valence-electron chi connectivity index (χ1n) is 9.51. The molecular weight excluding hydrogens is 362 g/mol. The van der Waals surface area contributed by atoms with E-state index in [1.54, 1.807) is 0 Å². The van der Waals surface area contributed by atoms with E-state index in [0.717, 1.165) is 70.9 Å². The lowest BCUT2D eigenvalue weighted by Gasteiger charge is -2.31. The number of amides is 2. The monoisotopic (exact) mass is 387 g/mol. The van der Waals surface area contributed by atoms with Gasteiger partial charge in [-0.25, -0.2) is 9.97 Å². The molecule has 2 aromatic rings. The molecule has 0 radical (unpaired) electrons. The summed E-state index contributed by atoms with van der Waals surface area (Å²) in [5.41, 5.74) is 7.19. The van der Waals surface area contributed by atoms with Crippen LogP contribution in [0.5, 0.6) is 0 Å². The maximum atomic E-state index is 12.9. The lowest BCUT2D eigenvalue weighted by Crippen LogP contribution is -2.46. The molecule has 1 aliphatic heterocycles. The number of hydrogen-bond donors (Lipinski definition) is 2. The second kappa shape index (κ2) is 7.16. The largest absolute Gasteiger partial charge is 0.369 e. The summed E-state index contributed by atoms with van der Waals surface area (Å²) in [4.78, 5) is 37.0. The lowest BCUT2D eigenvalue weighted by atomic mass is 10.0. The molecule has 1 saturated carbocycles. The number of nitrogens with two attached hydrogens (primary N) is 1. The summed E-state index contributed by atoms with van der Waals surface area (Å²) in [5, 5.41) is 4.18. The highest BCUT2D eigenvalue weighted by Crippen LogP contribution is 2.40. The molecule has 3 heterocycles. The van der Waals surface area contributed by atoms with Crippen LogP contribution < -0.4 is 11.1 Å². The van der Waals surface area contributed by atoms with Gasteiger partial charge in [0.15, 0.2) is 0 Å². The highest BCUT2D eigenvalue weighted by molar-refractivity contribution is 7.20. The average Bonchev–Trinajstić information content (AvgIpc) is 3.40. The van der Waals surface area contributed by atoms with Gasteiger partial charge in [-0.05, 0) is 45.1 Å². The Morgan fingerprint density at radius 1 is 1.19 bits per heavy atom. The Morgan fingerprint density at radius 2 is 1.89 bits per heavy atom. The second-order valence-corrected chi connectivity index (χ2v) is 8.67. The number of thiophene rings is 1. The molecule has 3 N–H and O–H groups in total. The van der Waals surface area contributed by atoms with E-state index in [1.807, 2.05) is 18.7 Å². The molecule has 1 saturated heterocycles. The Bertz CT molecular complexity index is 897. The zero-order chi connectivity index (χ0) is 19.1. The Kier molecular flexibility index (Phi) is 4.86. The van der Waals surface area contributed by atoms with E-state index in [-0.39, 0.29) is 24.4 Å². The normalized spacial score (nSPS) is 18.7. The number of aryl methyl sites for hydroxylation is 2. The number of aromatic nitrogens is 2. The SMILES string of the molecule is Cc1nc(C2CC2)nc2sc(C(=O)NC3CCN(CC(N)=O)CC3)c(C)c12. The zero-order valence-corrected chi connectivity index (χ0v) is 16.6. The summed E-state index contributed by atoms with van der Waals surface area (Å²) in [5.74, 6) is 1.09. The van der Waals surface area contributed by atoms with Gasteiger partial charge in [-0.3, -0.25) is 14.5 Å². The molecule has 2 aromatic heterocycles. The molecule has 0 unspecified atom stereocenters. The van der Waals surface area contributed by atoms with E-state index >= 15 is 0 Å². The first-order valence-corrected chi connectivity index (χ1v) is 10.3. The quantitative estimate of drug-likeness (QED) is 0.815. The van der Waals surface area contributed by atoms with Gasteiger partial charge in [-0.15, -0.1) is 11.3 Å². The fourth-order valence-corrected chi connectivity index (χ4v) is 4.95. The molecule has 2 aliphatic rings. The van der Waals surface area contributed by atoms with Gasteiger partial charge in [0.05, 0.1) is 17.1 Å². The van der Waals surface area contributed by atoms with Crippen LogP contribution in [-0.2, 0) is 4.79 Å². The Morgan fingerprint density at radius 3 is 2.52 bits per heavy atom. The third-order valence-corrected chi connectivity index (χ3v) is 6.62. The summed E-state index contributed by atoms with van der Waals surface area (Å²) in [6, 6.07) is 0.125. The number of likely N-dealkylation sites (tertiary alicyclic amines) is 1. The van der Waals surface area contributed by atoms with Crippen molar-refractivity contribution in [3.05, 3.63) is 22.0 Å². The molecule has 0 aromatic carbocycles. The van der Waals surface area contributed by atoms with E-state index < -0.39 is 0 Å². The van der Waals surface area contributed by atoms with E-state index in [4.69, 9.17) is 10.7 Å². The van der Waals surface area contributed by atoms with Gasteiger partial charge in [-0.1, -0.05) is 0 Å². The third-order valence-electron chi connectivity index (χ3n) is 5.44. The third kappa shape index (κ3) is 3.82. The van der Waals surface area contributed by atoms with Crippen molar-refractivity contribution in [2.75, 3.05) is 19.6 Å². The van der Waals surface area contributed by atoms with Gasteiger partial charge in [0.1, 0.15) is 10.7 Å². The number of fused-ring (bicyclic) bond motifs is 1. The molecule has 0 atom stereocenters. The van der Waals surface area contributed by atoms with Gasteiger partial charge >= 0.3 is 0 Å². The van der Waals surface area contributed by atoms with Crippen molar-refractivity contribution in [2.24, 2.45) is 5.73 Å². The number of nitrogens with one attached hydrogen (secondary N) is 1. The van der Waals surface area contributed by atoms with Gasteiger partial charge < -0.3 is 11.1 Å². The standard InChI is InChI=1S/C19H25N5O2S/c1-10-15-11(2)21-17(12-3-4-12)23-19(15)27-16(10)18(26)22-13-5-7-24(8-6-13)9-14(20)25/h12-13H,3-9H2,1-2H3,(H2,20,25)(H,22,26). The van der Waals surface area contributed by atoms with Crippen molar-refractivity contribution in [1.82, 2.24) is 20.2 Å². The van der Waals surface area contributed by atoms with Gasteiger partial charge in [0.25, 0.3) is 5.91 Å². The van der Waals surface area contributed by atoms with Gasteiger partial charge in [-0.2, -0.15) is 0 Å². The van der Waals surface area contributed by atoms with E-state index in [1.165, 1.54) is 11.3 Å². The summed E-state index contributed by atoms with van der Waals surface area (Å²) in [6.45, 7) is 5.82. The van der Waals surface area contributed by atoms with E-state index in [9.17, 15) is 9.59 Å². The van der Waals surface area contributed by atoms with Crippen LogP contribution in [-0.4, -0.2) is 52.4 Å². The van der Waals surface area contributed by atoms with Crippen LogP contribution in [0.4, 0.5) is 0 Å². The topological polar surface area (TPSA) is 101 Å². The van der Waals surface area contributed by atoms with Crippen LogP contribution in [0.1, 0.15) is 58.4 Å². The maximum absolute atomic E-state index is 12.9. The molecule has 2 fully saturated rings. The molecule has 0 bridgehead atoms. The van der Waals surface area contributed by atoms with Crippen molar-refractivity contribution < 1.29 is 9.59 Å². The summed E-state index contributed by atoms with van der Waals surface area (Å²) in [6.07, 6.45) is 3.98. The first kappa shape index (κ1) is 18.3. The Labute approximate surface area is 162 Å². The molecular formula is C19H25N5O2S. The van der Waals surface area contributed by atoms with Crippen molar-refractivity contribution in [3.63, 3.8) is 0 Å². The smallest absolute Gasteiger partial charge is 0.261 e. The molecule has 1 aliphatic carbocycles. The molecule has 2 amide bonds. The fraction of sp³-hybridized carbons (Fsp3) is 0.579. The van der Waals surface area contributed by atoms with Crippen molar-refractivity contribution in [3.8, 4) is 0 Å². The molecule has 4 rings (SSSR count). The van der Waals surface area contributed by atoms with Crippen molar-refractivity contribution in [2.45, 2.75) is 51.5 Å². The minimum Gasteiger partial charge on any atom is -0.369 e. The number of hydrogen-bond acceptors (Lipinski definition) is 6. The van der Waals surface area contributed by atoms with E-state index in [0.29, 0.717) is 5.92 Å². The minimum atomic E-state index is -0.305. The summed E-state index contributed by atoms with van der Waals surface area (Å²) < 4.78 is 0. The van der Waals surface area contributed by atoms with Crippen LogP contribution in [0, 0.1) is 13.8 Å². The van der Waals surface area contributed by atoms with Crippen LogP contribution in [0.25, 0.3) is 10.2 Å². The number of nitrogens with zero attached hydrogens (tertiary/aromatic N) is 3. The molecule has 27 heavy (non-hydrogen) atoms. The van der Waals surface area contributed by atoms with Crippen molar-refractivity contribution in [1.29, 1.82) is 0 Å². The Balaban J connectivity index is 1.47. The number of carbonyl (C=O) groups excluding carboxylic acids is 2. The second-order valence-electron chi connectivity index (χ2n) is 7.67. The number of primary amides is 1. The summed E-state index contributed by atoms with van der Waals surface area (Å²) in [7, 11) is 0. The zero-order valence-electron chi connectivity index (χ0n) is 15.7. The predicted molar refractivity (Wildman–Crippen MR) is 105 cm³/mol. The van der Waals surface area contributed by atoms with Crippen LogP contribution >= 0.6 is 11.3 Å². The van der Waals surface area contributed by atoms with E-state index in [2.05, 4.69) is 10.3 Å². The maximum Gasteiger partial charge on any atom is 0.261 e. The highest BCUT2D eigenvalue weighted by atomic mass is 32.1. The molecule has 8 heteroatoms. The van der Waals surface area contributed by atoms with Gasteiger partial charge in [0, 0.05) is 30.4 Å². The highest BCUT2D eigenvalue weighted by Gasteiger charge is 2.29. The minimum absolute atomic E-state index is 0.0313. The number of piperidine rings is 1. The van der Waals surface area contributed by atoms with Crippen molar-refractivity contribution >= 4 is 33.4 Å². The predicted octanol–water partition coefficient (Wildman–Crippen LogP) is 1.87. The first-order chi connectivity index (χ1) is 12.9. The number of carbonyl (C=O) groups is 2. The summed E-state index contributed by atoms with van der Waals surface area (Å²) >= 11 is 1.47.